The summed E-state index contributed by atoms with van der Waals surface area (Å²) >= 11 is 0. The van der Waals surface area contributed by atoms with Crippen LogP contribution in [0.1, 0.15) is 49.2 Å². The second-order valence-electron chi connectivity index (χ2n) is 6.75. The molecule has 2 aromatic heterocycles. The Morgan fingerprint density at radius 2 is 2.17 bits per heavy atom. The molecule has 124 valence electrons. The van der Waals surface area contributed by atoms with Gasteiger partial charge in [0.25, 0.3) is 0 Å². The molecule has 2 aliphatic rings. The Hall–Kier alpha value is -1.73. The minimum Gasteiger partial charge on any atom is -0.390 e. The fraction of sp³-hybridized carbons (Fsp3) is 0.688. The van der Waals surface area contributed by atoms with E-state index in [0.717, 1.165) is 37.6 Å². The summed E-state index contributed by atoms with van der Waals surface area (Å²) in [5.41, 5.74) is 0. The van der Waals surface area contributed by atoms with Gasteiger partial charge in [0.2, 0.25) is 5.89 Å². The number of piperidine rings is 1. The lowest BCUT2D eigenvalue weighted by Gasteiger charge is -2.32. The van der Waals surface area contributed by atoms with Crippen LogP contribution in [-0.4, -0.2) is 55.7 Å². The normalized spacial score (nSPS) is 24.0. The fourth-order valence-corrected chi connectivity index (χ4v) is 3.32. The van der Waals surface area contributed by atoms with Crippen molar-refractivity contribution in [3.63, 3.8) is 0 Å². The van der Waals surface area contributed by atoms with E-state index in [4.69, 9.17) is 4.52 Å². The predicted molar refractivity (Wildman–Crippen MR) is 82.9 cm³/mol. The number of hydrogen-bond acceptors (Lipinski definition) is 6. The smallest absolute Gasteiger partial charge is 0.229 e. The number of aliphatic hydroxyl groups is 1. The molecule has 1 saturated carbocycles. The average Bonchev–Trinajstić information content (AvgIpc) is 3.07. The average molecular weight is 317 g/mol. The topological polar surface area (TPSA) is 80.2 Å². The van der Waals surface area contributed by atoms with Crippen molar-refractivity contribution in [3.05, 3.63) is 30.2 Å². The molecule has 0 aromatic carbocycles. The Labute approximate surface area is 135 Å². The van der Waals surface area contributed by atoms with Crippen molar-refractivity contribution < 1.29 is 9.63 Å². The van der Waals surface area contributed by atoms with Crippen LogP contribution < -0.4 is 0 Å². The molecule has 0 radical (unpaired) electrons. The molecular formula is C16H23N5O2. The van der Waals surface area contributed by atoms with Gasteiger partial charge in [-0.25, -0.2) is 0 Å². The van der Waals surface area contributed by atoms with E-state index in [2.05, 4.69) is 20.1 Å². The summed E-state index contributed by atoms with van der Waals surface area (Å²) in [5, 5.41) is 18.6. The van der Waals surface area contributed by atoms with Crippen molar-refractivity contribution in [2.75, 3.05) is 19.6 Å². The van der Waals surface area contributed by atoms with E-state index >= 15 is 0 Å². The molecule has 7 nitrogen and oxygen atoms in total. The van der Waals surface area contributed by atoms with Crippen LogP contribution >= 0.6 is 0 Å². The molecule has 3 heterocycles. The van der Waals surface area contributed by atoms with Crippen LogP contribution in [0.15, 0.2) is 23.0 Å². The highest BCUT2D eigenvalue weighted by atomic mass is 16.5. The Kier molecular flexibility index (Phi) is 4.13. The minimum absolute atomic E-state index is 0.317. The largest absolute Gasteiger partial charge is 0.390 e. The van der Waals surface area contributed by atoms with Crippen LogP contribution in [0.5, 0.6) is 0 Å². The van der Waals surface area contributed by atoms with Gasteiger partial charge in [-0.1, -0.05) is 5.16 Å². The molecule has 1 aliphatic heterocycles. The zero-order chi connectivity index (χ0) is 15.6. The summed E-state index contributed by atoms with van der Waals surface area (Å²) in [7, 11) is 0. The van der Waals surface area contributed by atoms with Crippen LogP contribution in [0, 0.1) is 0 Å². The number of hydrogen-bond donors (Lipinski definition) is 1. The van der Waals surface area contributed by atoms with E-state index in [1.165, 1.54) is 12.8 Å². The predicted octanol–water partition coefficient (Wildman–Crippen LogP) is 1.38. The molecule has 0 spiro atoms. The van der Waals surface area contributed by atoms with Gasteiger partial charge in [0, 0.05) is 37.3 Å². The van der Waals surface area contributed by atoms with Gasteiger partial charge in [-0.15, -0.1) is 0 Å². The Bertz CT molecular complexity index is 622. The highest BCUT2D eigenvalue weighted by molar-refractivity contribution is 5.05. The van der Waals surface area contributed by atoms with Crippen LogP contribution in [0.4, 0.5) is 0 Å². The lowest BCUT2D eigenvalue weighted by Crippen LogP contribution is -2.41. The standard InChI is InChI=1S/C16H23N5O2/c22-14(11-21-8-2-6-17-21)10-20-7-1-3-13(9-20)15-18-16(23-19-15)12-4-5-12/h2,6,8,12-14,22H,1,3-5,7,9-11H2/t13-,14+/m0/s1. The van der Waals surface area contributed by atoms with Gasteiger partial charge in [0.05, 0.1) is 12.6 Å². The maximum atomic E-state index is 10.3. The first-order chi connectivity index (χ1) is 11.3. The molecule has 2 fully saturated rings. The van der Waals surface area contributed by atoms with E-state index in [-0.39, 0.29) is 0 Å². The summed E-state index contributed by atoms with van der Waals surface area (Å²) in [5.74, 6) is 2.48. The molecular weight excluding hydrogens is 294 g/mol. The highest BCUT2D eigenvalue weighted by Gasteiger charge is 2.32. The summed E-state index contributed by atoms with van der Waals surface area (Å²) in [6, 6.07) is 1.87. The van der Waals surface area contributed by atoms with E-state index in [9.17, 15) is 5.11 Å². The molecule has 0 unspecified atom stereocenters. The highest BCUT2D eigenvalue weighted by Crippen LogP contribution is 2.39. The number of aromatic nitrogens is 4. The van der Waals surface area contributed by atoms with Gasteiger partial charge in [0.15, 0.2) is 5.82 Å². The lowest BCUT2D eigenvalue weighted by molar-refractivity contribution is 0.0798. The Morgan fingerprint density at radius 1 is 1.26 bits per heavy atom. The van der Waals surface area contributed by atoms with E-state index in [1.807, 2.05) is 12.3 Å². The summed E-state index contributed by atoms with van der Waals surface area (Å²) in [6.07, 6.45) is 7.75. The molecule has 1 N–H and O–H groups in total. The van der Waals surface area contributed by atoms with Crippen LogP contribution in [-0.2, 0) is 6.54 Å². The van der Waals surface area contributed by atoms with Gasteiger partial charge in [0.1, 0.15) is 0 Å². The van der Waals surface area contributed by atoms with Crippen LogP contribution in [0.2, 0.25) is 0 Å². The van der Waals surface area contributed by atoms with E-state index < -0.39 is 6.10 Å². The maximum absolute atomic E-state index is 10.3. The van der Waals surface area contributed by atoms with Crippen molar-refractivity contribution in [3.8, 4) is 0 Å². The fourth-order valence-electron chi connectivity index (χ4n) is 3.32. The van der Waals surface area contributed by atoms with Crippen LogP contribution in [0.3, 0.4) is 0 Å². The minimum atomic E-state index is -0.416. The SMILES string of the molecule is O[C@H](CN1CCC[C@H](c2noc(C3CC3)n2)C1)Cn1cccn1. The van der Waals surface area contributed by atoms with Gasteiger partial charge in [-0.2, -0.15) is 10.1 Å². The number of rotatable bonds is 6. The molecule has 7 heteroatoms. The zero-order valence-electron chi connectivity index (χ0n) is 13.2. The molecule has 0 bridgehead atoms. The second kappa shape index (κ2) is 6.41. The molecule has 1 aliphatic carbocycles. The first-order valence-corrected chi connectivity index (χ1v) is 8.49. The van der Waals surface area contributed by atoms with Crippen molar-refractivity contribution in [2.45, 2.75) is 50.2 Å². The van der Waals surface area contributed by atoms with Crippen molar-refractivity contribution in [1.29, 1.82) is 0 Å². The summed E-state index contributed by atoms with van der Waals surface area (Å²) in [4.78, 5) is 6.89. The summed E-state index contributed by atoms with van der Waals surface area (Å²) in [6.45, 7) is 3.09. The van der Waals surface area contributed by atoms with Gasteiger partial charge in [-0.3, -0.25) is 9.58 Å². The van der Waals surface area contributed by atoms with Crippen LogP contribution in [0.25, 0.3) is 0 Å². The molecule has 23 heavy (non-hydrogen) atoms. The first-order valence-electron chi connectivity index (χ1n) is 8.49. The van der Waals surface area contributed by atoms with Crippen molar-refractivity contribution in [1.82, 2.24) is 24.8 Å². The molecule has 2 aromatic rings. The third kappa shape index (κ3) is 3.61. The third-order valence-electron chi connectivity index (χ3n) is 4.68. The molecule has 0 amide bonds. The second-order valence-corrected chi connectivity index (χ2v) is 6.75. The lowest BCUT2D eigenvalue weighted by atomic mass is 9.97. The number of β-amino-alcohol motifs (C(OH)–C–C–N with tert-alkyl or cyclic N) is 1. The number of nitrogens with zero attached hydrogens (tertiary/aromatic N) is 5. The maximum Gasteiger partial charge on any atom is 0.229 e. The monoisotopic (exact) mass is 317 g/mol. The van der Waals surface area contributed by atoms with Crippen molar-refractivity contribution >= 4 is 0 Å². The van der Waals surface area contributed by atoms with Crippen molar-refractivity contribution in [2.24, 2.45) is 0 Å². The molecule has 2 atom stereocenters. The number of likely N-dealkylation sites (tertiary alicyclic amines) is 1. The zero-order valence-corrected chi connectivity index (χ0v) is 13.2. The Balaban J connectivity index is 1.32. The van der Waals surface area contributed by atoms with Gasteiger partial charge < -0.3 is 9.63 Å². The van der Waals surface area contributed by atoms with E-state index in [0.29, 0.717) is 24.9 Å². The third-order valence-corrected chi connectivity index (χ3v) is 4.68. The first kappa shape index (κ1) is 14.8. The number of aliphatic hydroxyl groups excluding tert-OH is 1. The summed E-state index contributed by atoms with van der Waals surface area (Å²) < 4.78 is 7.16. The van der Waals surface area contributed by atoms with E-state index in [1.54, 1.807) is 10.9 Å². The van der Waals surface area contributed by atoms with Gasteiger partial charge in [-0.05, 0) is 38.3 Å². The molecule has 1 saturated heterocycles. The molecule has 4 rings (SSSR count). The van der Waals surface area contributed by atoms with Gasteiger partial charge >= 0.3 is 0 Å². The quantitative estimate of drug-likeness (QED) is 0.867. The Morgan fingerprint density at radius 3 is 2.96 bits per heavy atom.